The van der Waals surface area contributed by atoms with Crippen molar-refractivity contribution in [2.24, 2.45) is 0 Å². The maximum Gasteiger partial charge on any atom is 0.417 e. The third-order valence-electron chi connectivity index (χ3n) is 5.99. The second-order valence-corrected chi connectivity index (χ2v) is 12.6. The molecular weight excluding hydrogens is 612 g/mol. The topological polar surface area (TPSA) is 129 Å². The van der Waals surface area contributed by atoms with Gasteiger partial charge in [-0.15, -0.1) is 10.2 Å². The lowest BCUT2D eigenvalue weighted by molar-refractivity contribution is -0.137. The van der Waals surface area contributed by atoms with Crippen molar-refractivity contribution in [3.8, 4) is 11.5 Å². The number of benzene rings is 1. The van der Waals surface area contributed by atoms with Crippen LogP contribution in [0.5, 0.6) is 0 Å². The van der Waals surface area contributed by atoms with Gasteiger partial charge in [0.1, 0.15) is 17.6 Å². The summed E-state index contributed by atoms with van der Waals surface area (Å²) in [7, 11) is -3.11. The first kappa shape index (κ1) is 30.8. The van der Waals surface area contributed by atoms with Crippen LogP contribution >= 0.6 is 23.2 Å². The first-order valence-corrected chi connectivity index (χ1v) is 14.2. The molecule has 2 aromatic heterocycles. The van der Waals surface area contributed by atoms with Gasteiger partial charge < -0.3 is 18.9 Å². The standard InChI is InChI=1S/C24H25Cl2F3N6O5S/c1-23(2,3)40-22(36)34-10-18(19(11-34)39-4)35-12-31-32-21(35)20-17(7-13(25)9-30-20)33-41(37,38)14-5-6-16(26)15(8-14)24(27,28)29/h5-9,12,18-19,33H,10-11H2,1-4H3/t18-,19?/m0/s1. The molecule has 1 aliphatic heterocycles. The minimum absolute atomic E-state index is 0.0222. The number of sulfonamides is 1. The number of hydrogen-bond donors (Lipinski definition) is 1. The molecule has 1 fully saturated rings. The van der Waals surface area contributed by atoms with Crippen molar-refractivity contribution >= 4 is 45.0 Å². The quantitative estimate of drug-likeness (QED) is 0.387. The molecule has 2 atom stereocenters. The van der Waals surface area contributed by atoms with Crippen LogP contribution in [-0.2, 0) is 25.7 Å². The summed E-state index contributed by atoms with van der Waals surface area (Å²) >= 11 is 11.7. The summed E-state index contributed by atoms with van der Waals surface area (Å²) in [5, 5.41) is 7.42. The van der Waals surface area contributed by atoms with Gasteiger partial charge in [0.2, 0.25) is 0 Å². The fourth-order valence-corrected chi connectivity index (χ4v) is 5.64. The molecule has 1 saturated heterocycles. The Hall–Kier alpha value is -3.14. The predicted octanol–water partition coefficient (Wildman–Crippen LogP) is 5.27. The summed E-state index contributed by atoms with van der Waals surface area (Å²) in [6.45, 7) is 5.57. The number of aromatic nitrogens is 4. The number of methoxy groups -OCH3 is 1. The second kappa shape index (κ2) is 11.3. The molecule has 17 heteroatoms. The second-order valence-electron chi connectivity index (χ2n) is 10.1. The Kier molecular flexibility index (Phi) is 8.47. The average molecular weight is 637 g/mol. The third-order valence-corrected chi connectivity index (χ3v) is 7.89. The molecule has 1 amide bonds. The van der Waals surface area contributed by atoms with Crippen LogP contribution in [0.4, 0.5) is 23.7 Å². The van der Waals surface area contributed by atoms with E-state index >= 15 is 0 Å². The number of hydrogen-bond acceptors (Lipinski definition) is 8. The van der Waals surface area contributed by atoms with Crippen LogP contribution in [0.2, 0.25) is 10.0 Å². The van der Waals surface area contributed by atoms with Gasteiger partial charge in [0, 0.05) is 19.9 Å². The van der Waals surface area contributed by atoms with E-state index in [1.54, 1.807) is 25.3 Å². The lowest BCUT2D eigenvalue weighted by Gasteiger charge is -2.24. The largest absolute Gasteiger partial charge is 0.444 e. The molecular formula is C24H25Cl2F3N6O5S. The third kappa shape index (κ3) is 6.85. The van der Waals surface area contributed by atoms with E-state index in [9.17, 15) is 26.4 Å². The van der Waals surface area contributed by atoms with E-state index in [-0.39, 0.29) is 35.3 Å². The zero-order chi connectivity index (χ0) is 30.3. The molecule has 1 aliphatic rings. The number of alkyl halides is 3. The summed E-state index contributed by atoms with van der Waals surface area (Å²) in [4.78, 5) is 17.7. The molecule has 41 heavy (non-hydrogen) atoms. The number of nitrogens with one attached hydrogen (secondary N) is 1. The number of carbonyl (C=O) groups is 1. The van der Waals surface area contributed by atoms with E-state index in [0.29, 0.717) is 6.07 Å². The van der Waals surface area contributed by atoms with Crippen LogP contribution in [0.1, 0.15) is 32.4 Å². The van der Waals surface area contributed by atoms with Crippen molar-refractivity contribution in [1.82, 2.24) is 24.6 Å². The SMILES string of the molecule is COC1CN(C(=O)OC(C)(C)C)C[C@@H]1n1cnnc1-c1ncc(Cl)cc1NS(=O)(=O)c1ccc(Cl)c(C(F)(F)F)c1. The molecule has 0 spiro atoms. The number of amides is 1. The van der Waals surface area contributed by atoms with Gasteiger partial charge in [-0.2, -0.15) is 13.2 Å². The number of ether oxygens (including phenoxy) is 2. The number of carbonyl (C=O) groups excluding carboxylic acids is 1. The van der Waals surface area contributed by atoms with Gasteiger partial charge in [-0.1, -0.05) is 23.2 Å². The summed E-state index contributed by atoms with van der Waals surface area (Å²) in [5.74, 6) is 0.0875. The fraction of sp³-hybridized carbons (Fsp3) is 0.417. The molecule has 3 heterocycles. The van der Waals surface area contributed by atoms with Crippen molar-refractivity contribution in [2.45, 2.75) is 49.6 Å². The van der Waals surface area contributed by atoms with Crippen molar-refractivity contribution in [3.63, 3.8) is 0 Å². The van der Waals surface area contributed by atoms with Crippen molar-refractivity contribution in [2.75, 3.05) is 24.9 Å². The van der Waals surface area contributed by atoms with Crippen molar-refractivity contribution < 1.29 is 35.9 Å². The number of likely N-dealkylation sites (tertiary alicyclic amines) is 1. The van der Waals surface area contributed by atoms with Crippen LogP contribution in [0.25, 0.3) is 11.5 Å². The lowest BCUT2D eigenvalue weighted by Crippen LogP contribution is -2.36. The van der Waals surface area contributed by atoms with E-state index in [1.807, 2.05) is 0 Å². The number of halogens is 5. The molecule has 1 N–H and O–H groups in total. The van der Waals surface area contributed by atoms with Crippen LogP contribution in [-0.4, -0.2) is 71.1 Å². The maximum atomic E-state index is 13.4. The molecule has 4 rings (SSSR count). The highest BCUT2D eigenvalue weighted by Gasteiger charge is 2.40. The van der Waals surface area contributed by atoms with Crippen LogP contribution in [0, 0.1) is 0 Å². The predicted molar refractivity (Wildman–Crippen MR) is 143 cm³/mol. The first-order chi connectivity index (χ1) is 19.0. The minimum Gasteiger partial charge on any atom is -0.444 e. The highest BCUT2D eigenvalue weighted by atomic mass is 35.5. The first-order valence-electron chi connectivity index (χ1n) is 12.0. The van der Waals surface area contributed by atoms with Gasteiger partial charge in [-0.25, -0.2) is 18.2 Å². The number of anilines is 1. The van der Waals surface area contributed by atoms with Gasteiger partial charge >= 0.3 is 12.3 Å². The minimum atomic E-state index is -4.88. The summed E-state index contributed by atoms with van der Waals surface area (Å²) in [5.41, 5.74) is -2.23. The van der Waals surface area contributed by atoms with Crippen molar-refractivity contribution in [3.05, 3.63) is 52.4 Å². The molecule has 1 unspecified atom stereocenters. The van der Waals surface area contributed by atoms with Crippen molar-refractivity contribution in [1.29, 1.82) is 0 Å². The summed E-state index contributed by atoms with van der Waals surface area (Å²) in [6, 6.07) is 2.92. The Morgan fingerprint density at radius 3 is 2.49 bits per heavy atom. The van der Waals surface area contributed by atoms with E-state index in [4.69, 9.17) is 32.7 Å². The molecule has 1 aromatic carbocycles. The van der Waals surface area contributed by atoms with Crippen LogP contribution in [0.3, 0.4) is 0 Å². The zero-order valence-corrected chi connectivity index (χ0v) is 24.4. The monoisotopic (exact) mass is 636 g/mol. The molecule has 0 aliphatic carbocycles. The van der Waals surface area contributed by atoms with Crippen LogP contribution < -0.4 is 4.72 Å². The number of nitrogens with zero attached hydrogens (tertiary/aromatic N) is 5. The maximum absolute atomic E-state index is 13.4. The van der Waals surface area contributed by atoms with E-state index in [1.165, 1.54) is 30.6 Å². The molecule has 222 valence electrons. The summed E-state index contributed by atoms with van der Waals surface area (Å²) in [6.07, 6.45) is -3.33. The Balaban J connectivity index is 1.70. The number of rotatable bonds is 6. The fourth-order valence-electron chi connectivity index (χ4n) is 4.17. The molecule has 0 radical (unpaired) electrons. The van der Waals surface area contributed by atoms with Gasteiger partial charge in [0.15, 0.2) is 5.82 Å². The van der Waals surface area contributed by atoms with Gasteiger partial charge in [-0.05, 0) is 45.0 Å². The Morgan fingerprint density at radius 1 is 1.15 bits per heavy atom. The Labute approximate surface area is 243 Å². The van der Waals surface area contributed by atoms with Gasteiger partial charge in [-0.3, -0.25) is 4.72 Å². The van der Waals surface area contributed by atoms with Gasteiger partial charge in [0.05, 0.1) is 44.9 Å². The van der Waals surface area contributed by atoms with Gasteiger partial charge in [0.25, 0.3) is 10.0 Å². The van der Waals surface area contributed by atoms with Crippen LogP contribution in [0.15, 0.2) is 41.7 Å². The van der Waals surface area contributed by atoms with E-state index < -0.39 is 55.5 Å². The molecule has 0 saturated carbocycles. The average Bonchev–Trinajstić information content (AvgIpc) is 3.49. The van der Waals surface area contributed by atoms with E-state index in [2.05, 4.69) is 19.9 Å². The molecule has 3 aromatic rings. The Bertz CT molecular complexity index is 1560. The summed E-state index contributed by atoms with van der Waals surface area (Å²) < 4.78 is 81.4. The zero-order valence-electron chi connectivity index (χ0n) is 22.1. The Morgan fingerprint density at radius 2 is 1.85 bits per heavy atom. The molecule has 11 nitrogen and oxygen atoms in total. The normalized spacial score (nSPS) is 18.0. The highest BCUT2D eigenvalue weighted by molar-refractivity contribution is 7.92. The van der Waals surface area contributed by atoms with E-state index in [0.717, 1.165) is 12.1 Å². The highest BCUT2D eigenvalue weighted by Crippen LogP contribution is 2.37. The smallest absolute Gasteiger partial charge is 0.417 e. The lowest BCUT2D eigenvalue weighted by atomic mass is 10.2. The molecule has 0 bridgehead atoms. The number of pyridine rings is 1.